The van der Waals surface area contributed by atoms with Crippen LogP contribution in [-0.4, -0.2) is 34.0 Å². The van der Waals surface area contributed by atoms with Gasteiger partial charge >= 0.3 is 6.09 Å². The first-order valence-corrected chi connectivity index (χ1v) is 9.69. The minimum atomic E-state index is -0.709. The highest BCUT2D eigenvalue weighted by Gasteiger charge is 2.54. The van der Waals surface area contributed by atoms with Gasteiger partial charge in [0.05, 0.1) is 0 Å². The molecule has 3 rings (SSSR count). The summed E-state index contributed by atoms with van der Waals surface area (Å²) in [4.78, 5) is 23.0. The Hall–Kier alpha value is -1.70. The first-order chi connectivity index (χ1) is 12.3. The molecular formula is C18H22ClN3O3S. The van der Waals surface area contributed by atoms with E-state index in [4.69, 9.17) is 21.1 Å². The quantitative estimate of drug-likeness (QED) is 0.657. The first-order valence-electron chi connectivity index (χ1n) is 8.50. The molecule has 0 radical (unpaired) electrons. The van der Waals surface area contributed by atoms with Crippen LogP contribution in [0.15, 0.2) is 24.5 Å². The number of pyridine rings is 1. The third kappa shape index (κ3) is 4.00. The van der Waals surface area contributed by atoms with Gasteiger partial charge in [0.2, 0.25) is 0 Å². The highest BCUT2D eigenvalue weighted by atomic mass is 35.5. The molecule has 6 nitrogen and oxygen atoms in total. The van der Waals surface area contributed by atoms with Crippen molar-refractivity contribution in [2.24, 2.45) is 0 Å². The number of carbonyl (C=O) groups excluding carboxylic acids is 1. The van der Waals surface area contributed by atoms with Crippen LogP contribution < -0.4 is 4.90 Å². The molecule has 140 valence electrons. The summed E-state index contributed by atoms with van der Waals surface area (Å²) >= 11 is 7.74. The van der Waals surface area contributed by atoms with Crippen LogP contribution in [0.5, 0.6) is 0 Å². The van der Waals surface area contributed by atoms with E-state index in [1.54, 1.807) is 12.4 Å². The van der Waals surface area contributed by atoms with Crippen molar-refractivity contribution < 1.29 is 14.3 Å². The van der Waals surface area contributed by atoms with Crippen molar-refractivity contribution in [2.75, 3.05) is 11.5 Å². The molecule has 26 heavy (non-hydrogen) atoms. The van der Waals surface area contributed by atoms with E-state index in [2.05, 4.69) is 9.97 Å². The molecule has 0 unspecified atom stereocenters. The summed E-state index contributed by atoms with van der Waals surface area (Å²) in [5, 5.41) is 1.48. The molecule has 2 heterocycles. The molecule has 0 N–H and O–H groups in total. The molecule has 1 fully saturated rings. The number of ether oxygens (including phenoxy) is 2. The number of thiazole rings is 1. The Morgan fingerprint density at radius 2 is 2.15 bits per heavy atom. The first kappa shape index (κ1) is 19.1. The van der Waals surface area contributed by atoms with Crippen LogP contribution in [-0.2, 0) is 9.47 Å². The minimum absolute atomic E-state index is 0.255. The van der Waals surface area contributed by atoms with Crippen molar-refractivity contribution in [1.29, 1.82) is 0 Å². The lowest BCUT2D eigenvalue weighted by molar-refractivity contribution is 0.0167. The third-order valence-corrected chi connectivity index (χ3v) is 5.22. The number of rotatable bonds is 5. The third-order valence-electron chi connectivity index (χ3n) is 3.76. The fraction of sp³-hybridized carbons (Fsp3) is 0.500. The van der Waals surface area contributed by atoms with Crippen molar-refractivity contribution in [2.45, 2.75) is 51.9 Å². The topological polar surface area (TPSA) is 64.5 Å². The molecule has 1 aliphatic carbocycles. The number of amides is 1. The monoisotopic (exact) mass is 395 g/mol. The molecule has 2 aromatic heterocycles. The maximum atomic E-state index is 13.0. The van der Waals surface area contributed by atoms with Gasteiger partial charge in [0.15, 0.2) is 10.9 Å². The van der Waals surface area contributed by atoms with Crippen LogP contribution in [0.4, 0.5) is 9.80 Å². The van der Waals surface area contributed by atoms with Crippen LogP contribution in [0.2, 0.25) is 5.15 Å². The molecule has 0 saturated heterocycles. The number of halogens is 1. The molecule has 0 aromatic carbocycles. The molecule has 0 bridgehead atoms. The van der Waals surface area contributed by atoms with E-state index in [9.17, 15) is 4.79 Å². The highest BCUT2D eigenvalue weighted by molar-refractivity contribution is 7.19. The standard InChI is InChI=1S/C18H22ClN3O3S/c1-5-24-18(8-9-18)22(16(23)25-17(2,3)4)15-13(19)21-14(26-15)12-7-6-10-20-11-12/h6-7,10-11H,5,8-9H2,1-4H3. The SMILES string of the molecule is CCOC1(N(C(=O)OC(C)(C)C)c2sc(-c3cccnc3)nc2Cl)CC1. The Balaban J connectivity index is 2.00. The van der Waals surface area contributed by atoms with E-state index in [1.165, 1.54) is 16.2 Å². The van der Waals surface area contributed by atoms with Gasteiger partial charge in [0.1, 0.15) is 15.6 Å². The molecule has 0 atom stereocenters. The molecule has 1 aliphatic rings. The maximum Gasteiger partial charge on any atom is 0.417 e. The fourth-order valence-corrected chi connectivity index (χ4v) is 3.95. The van der Waals surface area contributed by atoms with Gasteiger partial charge in [-0.25, -0.2) is 14.7 Å². The summed E-state index contributed by atoms with van der Waals surface area (Å²) in [7, 11) is 0. The van der Waals surface area contributed by atoms with E-state index in [0.29, 0.717) is 16.6 Å². The van der Waals surface area contributed by atoms with Crippen molar-refractivity contribution in [1.82, 2.24) is 9.97 Å². The fourth-order valence-electron chi connectivity index (χ4n) is 2.59. The summed E-state index contributed by atoms with van der Waals surface area (Å²) < 4.78 is 11.5. The number of aromatic nitrogens is 2. The van der Waals surface area contributed by atoms with Gasteiger partial charge in [-0.1, -0.05) is 22.9 Å². The zero-order chi connectivity index (χ0) is 18.9. The van der Waals surface area contributed by atoms with E-state index in [1.807, 2.05) is 39.8 Å². The van der Waals surface area contributed by atoms with Crippen molar-refractivity contribution in [3.05, 3.63) is 29.7 Å². The average Bonchev–Trinajstić information content (AvgIpc) is 3.23. The molecule has 1 saturated carbocycles. The zero-order valence-electron chi connectivity index (χ0n) is 15.3. The number of anilines is 1. The minimum Gasteiger partial charge on any atom is -0.443 e. The molecule has 0 aliphatic heterocycles. The summed E-state index contributed by atoms with van der Waals surface area (Å²) in [6.45, 7) is 7.89. The highest BCUT2D eigenvalue weighted by Crippen LogP contribution is 2.50. The Morgan fingerprint density at radius 1 is 1.42 bits per heavy atom. The van der Waals surface area contributed by atoms with Gasteiger partial charge in [0.25, 0.3) is 0 Å². The van der Waals surface area contributed by atoms with Crippen molar-refractivity contribution in [3.8, 4) is 10.6 Å². The van der Waals surface area contributed by atoms with Gasteiger partial charge < -0.3 is 9.47 Å². The number of nitrogens with zero attached hydrogens (tertiary/aromatic N) is 3. The number of hydrogen-bond acceptors (Lipinski definition) is 6. The molecular weight excluding hydrogens is 374 g/mol. The number of carbonyl (C=O) groups is 1. The lowest BCUT2D eigenvalue weighted by Gasteiger charge is -2.32. The summed E-state index contributed by atoms with van der Waals surface area (Å²) in [5.74, 6) is 0. The smallest absolute Gasteiger partial charge is 0.417 e. The lowest BCUT2D eigenvalue weighted by atomic mass is 10.2. The second-order valence-corrected chi connectivity index (χ2v) is 8.39. The van der Waals surface area contributed by atoms with Crippen molar-refractivity contribution in [3.63, 3.8) is 0 Å². The van der Waals surface area contributed by atoms with E-state index >= 15 is 0 Å². The van der Waals surface area contributed by atoms with E-state index in [0.717, 1.165) is 18.4 Å². The second kappa shape index (κ2) is 7.13. The van der Waals surface area contributed by atoms with Gasteiger partial charge in [-0.3, -0.25) is 4.98 Å². The normalized spacial score (nSPS) is 15.6. The van der Waals surface area contributed by atoms with Crippen molar-refractivity contribution >= 4 is 34.0 Å². The molecule has 1 amide bonds. The lowest BCUT2D eigenvalue weighted by Crippen LogP contribution is -2.46. The van der Waals surface area contributed by atoms with Crippen LogP contribution in [0.1, 0.15) is 40.5 Å². The molecule has 2 aromatic rings. The predicted octanol–water partition coefficient (Wildman–Crippen LogP) is 5.13. The summed E-state index contributed by atoms with van der Waals surface area (Å²) in [5.41, 5.74) is -0.489. The Labute approximate surface area is 162 Å². The predicted molar refractivity (Wildman–Crippen MR) is 103 cm³/mol. The van der Waals surface area contributed by atoms with Gasteiger partial charge in [-0.2, -0.15) is 0 Å². The Bertz CT molecular complexity index is 785. The van der Waals surface area contributed by atoms with Crippen LogP contribution in [0.3, 0.4) is 0 Å². The summed E-state index contributed by atoms with van der Waals surface area (Å²) in [6.07, 6.45) is 4.40. The van der Waals surface area contributed by atoms with Crippen LogP contribution in [0.25, 0.3) is 10.6 Å². The second-order valence-electron chi connectivity index (χ2n) is 7.05. The number of hydrogen-bond donors (Lipinski definition) is 0. The van der Waals surface area contributed by atoms with Gasteiger partial charge in [-0.05, 0) is 39.8 Å². The van der Waals surface area contributed by atoms with Crippen LogP contribution >= 0.6 is 22.9 Å². The largest absolute Gasteiger partial charge is 0.443 e. The molecule has 0 spiro atoms. The Kier molecular flexibility index (Phi) is 5.23. The van der Waals surface area contributed by atoms with E-state index < -0.39 is 17.4 Å². The molecule has 8 heteroatoms. The van der Waals surface area contributed by atoms with Gasteiger partial charge in [-0.15, -0.1) is 0 Å². The van der Waals surface area contributed by atoms with E-state index in [-0.39, 0.29) is 5.15 Å². The van der Waals surface area contributed by atoms with Gasteiger partial charge in [0, 0.05) is 37.4 Å². The average molecular weight is 396 g/mol. The van der Waals surface area contributed by atoms with Crippen LogP contribution in [0, 0.1) is 0 Å². The zero-order valence-corrected chi connectivity index (χ0v) is 16.9. The Morgan fingerprint density at radius 3 is 2.69 bits per heavy atom. The maximum absolute atomic E-state index is 13.0. The summed E-state index contributed by atoms with van der Waals surface area (Å²) in [6, 6.07) is 3.73.